The number of H-pyrrole nitrogens is 1. The van der Waals surface area contributed by atoms with E-state index in [0.717, 1.165) is 22.2 Å². The van der Waals surface area contributed by atoms with Crippen molar-refractivity contribution in [2.75, 3.05) is 0 Å². The number of nitrogens with two attached hydrogens (primary N) is 2. The first-order chi connectivity index (χ1) is 16.3. The fourth-order valence-corrected chi connectivity index (χ4v) is 2.87. The molecule has 4 aromatic rings. The fourth-order valence-electron chi connectivity index (χ4n) is 2.87. The molecule has 0 fully saturated rings. The van der Waals surface area contributed by atoms with Crippen molar-refractivity contribution in [1.29, 1.82) is 10.8 Å². The van der Waals surface area contributed by atoms with Gasteiger partial charge in [-0.25, -0.2) is 4.98 Å². The maximum Gasteiger partial charge on any atom is 0.290 e. The van der Waals surface area contributed by atoms with E-state index in [1.54, 1.807) is 36.5 Å². The Morgan fingerprint density at radius 3 is 2.00 bits per heavy atom. The molecule has 11 nitrogen and oxygen atoms in total. The highest BCUT2D eigenvalue weighted by atomic mass is 16.5. The van der Waals surface area contributed by atoms with Crippen molar-refractivity contribution < 1.29 is 24.5 Å². The van der Waals surface area contributed by atoms with E-state index >= 15 is 0 Å². The van der Waals surface area contributed by atoms with Gasteiger partial charge in [0.25, 0.3) is 12.9 Å². The first kappa shape index (κ1) is 25.1. The van der Waals surface area contributed by atoms with E-state index in [9.17, 15) is 0 Å². The summed E-state index contributed by atoms with van der Waals surface area (Å²) < 4.78 is 5.73. The van der Waals surface area contributed by atoms with Gasteiger partial charge in [-0.15, -0.1) is 0 Å². The average Bonchev–Trinajstić information content (AvgIpc) is 3.24. The van der Waals surface area contributed by atoms with Gasteiger partial charge in [-0.3, -0.25) is 20.4 Å². The fraction of sp³-hybridized carbons (Fsp3) is 0. The highest BCUT2D eigenvalue weighted by Crippen LogP contribution is 2.26. The van der Waals surface area contributed by atoms with Crippen molar-refractivity contribution in [2.24, 2.45) is 11.5 Å². The molecule has 2 aromatic carbocycles. The number of pyridine rings is 1. The third-order valence-electron chi connectivity index (χ3n) is 4.37. The van der Waals surface area contributed by atoms with Crippen molar-refractivity contribution in [3.05, 3.63) is 78.0 Å². The summed E-state index contributed by atoms with van der Waals surface area (Å²) in [6, 6.07) is 18.3. The van der Waals surface area contributed by atoms with Gasteiger partial charge in [-0.2, -0.15) is 0 Å². The molecule has 4 rings (SSSR count). The predicted molar refractivity (Wildman–Crippen MR) is 127 cm³/mol. The third-order valence-corrected chi connectivity index (χ3v) is 4.37. The van der Waals surface area contributed by atoms with Crippen LogP contribution in [0.15, 0.2) is 66.9 Å². The van der Waals surface area contributed by atoms with E-state index in [2.05, 4.69) is 9.97 Å². The molecule has 9 N–H and O–H groups in total. The van der Waals surface area contributed by atoms with Crippen LogP contribution in [0.5, 0.6) is 11.6 Å². The van der Waals surface area contributed by atoms with Crippen LogP contribution in [0.25, 0.3) is 22.2 Å². The maximum absolute atomic E-state index is 8.36. The van der Waals surface area contributed by atoms with E-state index in [1.807, 2.05) is 30.3 Å². The number of hydrogen-bond acceptors (Lipinski definition) is 6. The Morgan fingerprint density at radius 1 is 0.882 bits per heavy atom. The molecule has 0 saturated heterocycles. The number of aromatic amines is 1. The van der Waals surface area contributed by atoms with Gasteiger partial charge in [0.2, 0.25) is 5.88 Å². The molecule has 0 aliphatic rings. The number of fused-ring (bicyclic) bond motifs is 1. The van der Waals surface area contributed by atoms with Crippen LogP contribution in [-0.4, -0.2) is 44.8 Å². The van der Waals surface area contributed by atoms with Crippen LogP contribution < -0.4 is 16.2 Å². The standard InChI is InChI=1S/C21H18N6O.2CH2O2/c22-20(23)12-3-6-16(7-4-12)28-19-8-5-15(11-26-19)18-9-13-1-2-14(21(24)25)10-17(13)27-18;2*2-1-3/h1-11,27H,(H3,22,23)(H3,24,25);2*1H,(H,2,3). The lowest BCUT2D eigenvalue weighted by Gasteiger charge is -2.06. The first-order valence-electron chi connectivity index (χ1n) is 9.54. The summed E-state index contributed by atoms with van der Waals surface area (Å²) >= 11 is 0. The molecular weight excluding hydrogens is 440 g/mol. The van der Waals surface area contributed by atoms with Crippen molar-refractivity contribution in [1.82, 2.24) is 9.97 Å². The zero-order valence-electron chi connectivity index (χ0n) is 17.7. The number of carboxylic acid groups (broad SMARTS) is 2. The largest absolute Gasteiger partial charge is 0.483 e. The number of hydrogen-bond donors (Lipinski definition) is 7. The van der Waals surface area contributed by atoms with Gasteiger partial charge in [0, 0.05) is 45.6 Å². The second-order valence-electron chi connectivity index (χ2n) is 6.53. The van der Waals surface area contributed by atoms with Gasteiger partial charge in [-0.1, -0.05) is 12.1 Å². The molecule has 0 amide bonds. The van der Waals surface area contributed by atoms with E-state index in [-0.39, 0.29) is 24.6 Å². The predicted octanol–water partition coefficient (Wildman–Crippen LogP) is 2.99. The van der Waals surface area contributed by atoms with Crippen molar-refractivity contribution in [3.63, 3.8) is 0 Å². The maximum atomic E-state index is 8.36. The highest BCUT2D eigenvalue weighted by molar-refractivity contribution is 5.99. The topological polar surface area (TPSA) is 212 Å². The normalized spacial score (nSPS) is 9.53. The number of nitrogen functional groups attached to an aromatic ring is 2. The molecule has 11 heteroatoms. The minimum atomic E-state index is -0.250. The van der Waals surface area contributed by atoms with E-state index in [0.29, 0.717) is 22.8 Å². The molecule has 0 aliphatic heterocycles. The molecule has 2 heterocycles. The lowest BCUT2D eigenvalue weighted by Crippen LogP contribution is -2.10. The molecule has 0 saturated carbocycles. The molecular formula is C23H22N6O5. The van der Waals surface area contributed by atoms with Gasteiger partial charge in [0.05, 0.1) is 0 Å². The van der Waals surface area contributed by atoms with Crippen molar-refractivity contribution in [3.8, 4) is 22.9 Å². The zero-order chi connectivity index (χ0) is 25.1. The number of aromatic nitrogens is 2. The summed E-state index contributed by atoms with van der Waals surface area (Å²) in [7, 11) is 0. The number of nitrogens with zero attached hydrogens (tertiary/aromatic N) is 1. The summed E-state index contributed by atoms with van der Waals surface area (Å²) in [5, 5.41) is 29.8. The summed E-state index contributed by atoms with van der Waals surface area (Å²) in [5.41, 5.74) is 15.1. The number of carbonyl (C=O) groups is 2. The van der Waals surface area contributed by atoms with Crippen LogP contribution in [0.2, 0.25) is 0 Å². The smallest absolute Gasteiger partial charge is 0.290 e. The Hall–Kier alpha value is -5.19. The second-order valence-corrected chi connectivity index (χ2v) is 6.53. The second kappa shape index (κ2) is 12.0. The molecule has 34 heavy (non-hydrogen) atoms. The SMILES string of the molecule is N=C(N)c1ccc(Oc2ccc(-c3cc4ccc(C(=N)N)cc4[nH]3)cn2)cc1.O=CO.O=CO. The van der Waals surface area contributed by atoms with Crippen LogP contribution >= 0.6 is 0 Å². The Kier molecular flexibility index (Phi) is 8.85. The number of rotatable bonds is 5. The third kappa shape index (κ3) is 6.65. The van der Waals surface area contributed by atoms with Gasteiger partial charge < -0.3 is 31.4 Å². The molecule has 0 spiro atoms. The summed E-state index contributed by atoms with van der Waals surface area (Å²) in [6.07, 6.45) is 1.73. The summed E-state index contributed by atoms with van der Waals surface area (Å²) in [4.78, 5) is 24.4. The number of benzene rings is 2. The highest BCUT2D eigenvalue weighted by Gasteiger charge is 2.07. The van der Waals surface area contributed by atoms with Gasteiger partial charge in [0.1, 0.15) is 17.4 Å². The minimum Gasteiger partial charge on any atom is -0.483 e. The van der Waals surface area contributed by atoms with Gasteiger partial charge in [-0.05, 0) is 42.5 Å². The van der Waals surface area contributed by atoms with E-state index < -0.39 is 0 Å². The van der Waals surface area contributed by atoms with Crippen LogP contribution in [0.1, 0.15) is 11.1 Å². The Labute approximate surface area is 193 Å². The molecule has 174 valence electrons. The van der Waals surface area contributed by atoms with Crippen LogP contribution in [0.3, 0.4) is 0 Å². The Bertz CT molecular complexity index is 1280. The summed E-state index contributed by atoms with van der Waals surface area (Å²) in [5.74, 6) is 1.14. The minimum absolute atomic E-state index is 0.0165. The lowest BCUT2D eigenvalue weighted by atomic mass is 10.1. The Morgan fingerprint density at radius 2 is 1.47 bits per heavy atom. The monoisotopic (exact) mass is 462 g/mol. The number of ether oxygens (including phenoxy) is 1. The summed E-state index contributed by atoms with van der Waals surface area (Å²) in [6.45, 7) is -0.500. The van der Waals surface area contributed by atoms with Gasteiger partial charge in [0.15, 0.2) is 0 Å². The van der Waals surface area contributed by atoms with Crippen LogP contribution in [0, 0.1) is 10.8 Å². The quantitative estimate of drug-likeness (QED) is 0.133. The number of amidine groups is 2. The molecule has 0 unspecified atom stereocenters. The average molecular weight is 462 g/mol. The lowest BCUT2D eigenvalue weighted by molar-refractivity contribution is -0.123. The number of nitrogens with one attached hydrogen (secondary N) is 3. The van der Waals surface area contributed by atoms with Gasteiger partial charge >= 0.3 is 0 Å². The molecule has 0 radical (unpaired) electrons. The van der Waals surface area contributed by atoms with E-state index in [1.165, 1.54) is 0 Å². The van der Waals surface area contributed by atoms with Crippen molar-refractivity contribution >= 4 is 35.5 Å². The molecule has 2 aromatic heterocycles. The molecule has 0 aliphatic carbocycles. The first-order valence-corrected chi connectivity index (χ1v) is 9.54. The van der Waals surface area contributed by atoms with E-state index in [4.69, 9.17) is 46.8 Å². The molecule has 0 atom stereocenters. The van der Waals surface area contributed by atoms with Crippen LogP contribution in [0.4, 0.5) is 0 Å². The zero-order valence-corrected chi connectivity index (χ0v) is 17.7. The van der Waals surface area contributed by atoms with Crippen molar-refractivity contribution in [2.45, 2.75) is 0 Å². The van der Waals surface area contributed by atoms with Crippen LogP contribution in [-0.2, 0) is 9.59 Å². The molecule has 0 bridgehead atoms. The Balaban J connectivity index is 0.000000618.